The van der Waals surface area contributed by atoms with Gasteiger partial charge in [0.05, 0.1) is 0 Å². The molecule has 0 aromatic heterocycles. The molecule has 1 aliphatic heterocycles. The maximum absolute atomic E-state index is 11.7. The molecule has 0 bridgehead atoms. The van der Waals surface area contributed by atoms with Crippen molar-refractivity contribution < 1.29 is 29.0 Å². The Bertz CT molecular complexity index is 404. The Hall–Kier alpha value is -1.83. The topological polar surface area (TPSA) is 114 Å². The number of hydrogen-bond acceptors (Lipinski definition) is 5. The van der Waals surface area contributed by atoms with E-state index in [0.717, 1.165) is 0 Å². The molecular formula is C13H22N2O6. The third kappa shape index (κ3) is 6.44. The van der Waals surface area contributed by atoms with Crippen LogP contribution in [0.25, 0.3) is 0 Å². The number of hydrogen-bond donors (Lipinski definition) is 3. The zero-order chi connectivity index (χ0) is 16.0. The van der Waals surface area contributed by atoms with Gasteiger partial charge in [-0.1, -0.05) is 0 Å². The lowest BCUT2D eigenvalue weighted by Crippen LogP contribution is -2.41. The molecule has 8 nitrogen and oxygen atoms in total. The van der Waals surface area contributed by atoms with Gasteiger partial charge < -0.3 is 25.2 Å². The monoisotopic (exact) mass is 302 g/mol. The van der Waals surface area contributed by atoms with Gasteiger partial charge in [0.15, 0.2) is 6.10 Å². The minimum atomic E-state index is -1.06. The first kappa shape index (κ1) is 17.2. The smallest absolute Gasteiger partial charge is 0.407 e. The second-order valence-corrected chi connectivity index (χ2v) is 5.75. The third-order valence-electron chi connectivity index (χ3n) is 2.68. The number of carbonyl (C=O) groups excluding carboxylic acids is 2. The second kappa shape index (κ2) is 7.26. The van der Waals surface area contributed by atoms with Crippen LogP contribution >= 0.6 is 0 Å². The molecule has 2 unspecified atom stereocenters. The van der Waals surface area contributed by atoms with Gasteiger partial charge in [-0.25, -0.2) is 9.59 Å². The Balaban J connectivity index is 2.17. The van der Waals surface area contributed by atoms with Crippen molar-refractivity contribution >= 4 is 18.0 Å². The number of carboxylic acids is 1. The zero-order valence-electron chi connectivity index (χ0n) is 12.5. The largest absolute Gasteiger partial charge is 0.479 e. The van der Waals surface area contributed by atoms with E-state index in [9.17, 15) is 14.4 Å². The number of alkyl carbamates (subject to hydrolysis) is 1. The molecule has 0 aromatic carbocycles. The van der Waals surface area contributed by atoms with Crippen molar-refractivity contribution in [2.75, 3.05) is 13.1 Å². The molecule has 1 aliphatic rings. The molecule has 3 N–H and O–H groups in total. The first-order valence-corrected chi connectivity index (χ1v) is 6.82. The number of nitrogens with one attached hydrogen (secondary N) is 2. The van der Waals surface area contributed by atoms with Crippen LogP contribution in [0, 0.1) is 0 Å². The number of aliphatic carboxylic acids is 1. The van der Waals surface area contributed by atoms with E-state index >= 15 is 0 Å². The van der Waals surface area contributed by atoms with Crippen LogP contribution in [0.4, 0.5) is 4.79 Å². The summed E-state index contributed by atoms with van der Waals surface area (Å²) in [7, 11) is 0. The number of carboxylic acid groups (broad SMARTS) is 1. The molecule has 1 saturated heterocycles. The normalized spacial score (nSPS) is 21.7. The van der Waals surface area contributed by atoms with E-state index in [-0.39, 0.29) is 19.0 Å². The highest BCUT2D eigenvalue weighted by Crippen LogP contribution is 2.19. The van der Waals surface area contributed by atoms with E-state index in [1.54, 1.807) is 20.8 Å². The molecule has 1 fully saturated rings. The van der Waals surface area contributed by atoms with Crippen LogP contribution in [0.2, 0.25) is 0 Å². The van der Waals surface area contributed by atoms with Crippen molar-refractivity contribution in [1.29, 1.82) is 0 Å². The SMILES string of the molecule is CC(C)(C)OC(=O)NCCNC(=O)C1CCC(C(=O)O)O1. The van der Waals surface area contributed by atoms with Crippen LogP contribution in [0.3, 0.4) is 0 Å². The zero-order valence-corrected chi connectivity index (χ0v) is 12.5. The average molecular weight is 302 g/mol. The summed E-state index contributed by atoms with van der Waals surface area (Å²) in [5, 5.41) is 13.8. The maximum Gasteiger partial charge on any atom is 0.407 e. The van der Waals surface area contributed by atoms with Crippen molar-refractivity contribution in [3.8, 4) is 0 Å². The van der Waals surface area contributed by atoms with E-state index in [2.05, 4.69) is 10.6 Å². The molecule has 0 aromatic rings. The van der Waals surface area contributed by atoms with E-state index in [1.807, 2.05) is 0 Å². The summed E-state index contributed by atoms with van der Waals surface area (Å²) in [5.41, 5.74) is -0.573. The van der Waals surface area contributed by atoms with Crippen LogP contribution in [0.15, 0.2) is 0 Å². The molecular weight excluding hydrogens is 280 g/mol. The summed E-state index contributed by atoms with van der Waals surface area (Å²) in [6.07, 6.45) is -1.51. The summed E-state index contributed by atoms with van der Waals surface area (Å²) in [6, 6.07) is 0. The molecule has 0 saturated carbocycles. The summed E-state index contributed by atoms with van der Waals surface area (Å²) >= 11 is 0. The maximum atomic E-state index is 11.7. The van der Waals surface area contributed by atoms with E-state index in [4.69, 9.17) is 14.6 Å². The molecule has 2 amide bonds. The van der Waals surface area contributed by atoms with Crippen LogP contribution < -0.4 is 10.6 Å². The van der Waals surface area contributed by atoms with Gasteiger partial charge >= 0.3 is 12.1 Å². The van der Waals surface area contributed by atoms with E-state index in [0.29, 0.717) is 12.8 Å². The van der Waals surface area contributed by atoms with Gasteiger partial charge in [-0.2, -0.15) is 0 Å². The summed E-state index contributed by atoms with van der Waals surface area (Å²) in [4.78, 5) is 33.8. The van der Waals surface area contributed by atoms with Gasteiger partial charge in [-0.05, 0) is 33.6 Å². The molecule has 1 heterocycles. The Morgan fingerprint density at radius 1 is 1.14 bits per heavy atom. The molecule has 2 atom stereocenters. The van der Waals surface area contributed by atoms with Crippen molar-refractivity contribution in [1.82, 2.24) is 10.6 Å². The van der Waals surface area contributed by atoms with Crippen LogP contribution in [0.5, 0.6) is 0 Å². The van der Waals surface area contributed by atoms with Crippen LogP contribution in [-0.2, 0) is 19.1 Å². The number of rotatable bonds is 5. The molecule has 120 valence electrons. The van der Waals surface area contributed by atoms with Gasteiger partial charge in [0, 0.05) is 13.1 Å². The number of carbonyl (C=O) groups is 3. The lowest BCUT2D eigenvalue weighted by Gasteiger charge is -2.19. The minimum absolute atomic E-state index is 0.218. The van der Waals surface area contributed by atoms with Crippen molar-refractivity contribution in [3.05, 3.63) is 0 Å². The molecule has 0 spiro atoms. The van der Waals surface area contributed by atoms with Gasteiger partial charge in [-0.3, -0.25) is 4.79 Å². The summed E-state index contributed by atoms with van der Waals surface area (Å²) in [5.74, 6) is -1.43. The Morgan fingerprint density at radius 3 is 2.24 bits per heavy atom. The third-order valence-corrected chi connectivity index (χ3v) is 2.68. The quantitative estimate of drug-likeness (QED) is 0.628. The van der Waals surface area contributed by atoms with Crippen LogP contribution in [0.1, 0.15) is 33.6 Å². The van der Waals surface area contributed by atoms with Gasteiger partial charge in [0.2, 0.25) is 5.91 Å². The van der Waals surface area contributed by atoms with E-state index in [1.165, 1.54) is 0 Å². The first-order valence-electron chi connectivity index (χ1n) is 6.82. The van der Waals surface area contributed by atoms with Crippen LogP contribution in [-0.4, -0.2) is 54.0 Å². The Morgan fingerprint density at radius 2 is 1.71 bits per heavy atom. The molecule has 0 radical (unpaired) electrons. The fraction of sp³-hybridized carbons (Fsp3) is 0.769. The van der Waals surface area contributed by atoms with Gasteiger partial charge in [-0.15, -0.1) is 0 Å². The average Bonchev–Trinajstić information content (AvgIpc) is 2.81. The molecule has 1 rings (SSSR count). The number of ether oxygens (including phenoxy) is 2. The lowest BCUT2D eigenvalue weighted by atomic mass is 10.2. The standard InChI is InChI=1S/C13H22N2O6/c1-13(2,3)21-12(19)15-7-6-14-10(16)8-4-5-9(20-8)11(17)18/h8-9H,4-7H2,1-3H3,(H,14,16)(H,15,19)(H,17,18). The highest BCUT2D eigenvalue weighted by atomic mass is 16.6. The Kier molecular flexibility index (Phi) is 5.95. The fourth-order valence-corrected chi connectivity index (χ4v) is 1.79. The second-order valence-electron chi connectivity index (χ2n) is 5.75. The molecule has 8 heteroatoms. The first-order chi connectivity index (χ1) is 9.69. The van der Waals surface area contributed by atoms with Crippen molar-refractivity contribution in [2.24, 2.45) is 0 Å². The molecule has 0 aliphatic carbocycles. The fourth-order valence-electron chi connectivity index (χ4n) is 1.79. The highest BCUT2D eigenvalue weighted by Gasteiger charge is 2.34. The van der Waals surface area contributed by atoms with Gasteiger partial charge in [0.25, 0.3) is 0 Å². The lowest BCUT2D eigenvalue weighted by molar-refractivity contribution is -0.151. The molecule has 21 heavy (non-hydrogen) atoms. The predicted octanol–water partition coefficient (Wildman–Crippen LogP) is 0.260. The summed E-state index contributed by atoms with van der Waals surface area (Å²) in [6.45, 7) is 5.70. The highest BCUT2D eigenvalue weighted by molar-refractivity contribution is 5.82. The Labute approximate surface area is 123 Å². The van der Waals surface area contributed by atoms with Gasteiger partial charge in [0.1, 0.15) is 11.7 Å². The van der Waals surface area contributed by atoms with E-state index < -0.39 is 29.9 Å². The predicted molar refractivity (Wildman–Crippen MR) is 72.8 cm³/mol. The minimum Gasteiger partial charge on any atom is -0.479 e. The number of amides is 2. The van der Waals surface area contributed by atoms with Crippen molar-refractivity contribution in [3.63, 3.8) is 0 Å². The summed E-state index contributed by atoms with van der Waals surface area (Å²) < 4.78 is 10.1. The van der Waals surface area contributed by atoms with Crippen molar-refractivity contribution in [2.45, 2.75) is 51.4 Å².